The molecule has 0 radical (unpaired) electrons. The highest BCUT2D eigenvalue weighted by molar-refractivity contribution is 5.67. The fraction of sp³-hybridized carbons (Fsp3) is 0.375. The Kier molecular flexibility index (Phi) is 3.31. The van der Waals surface area contributed by atoms with Gasteiger partial charge in [-0.1, -0.05) is 50.6 Å². The quantitative estimate of drug-likeness (QED) is 0.846. The molecule has 1 heterocycles. The lowest BCUT2D eigenvalue weighted by molar-refractivity contribution is 0.546. The molecule has 2 aromatic rings. The van der Waals surface area contributed by atoms with Gasteiger partial charge in [-0.2, -0.15) is 0 Å². The van der Waals surface area contributed by atoms with Crippen LogP contribution in [-0.2, 0) is 5.41 Å². The predicted octanol–water partition coefficient (Wildman–Crippen LogP) is 3.64. The fourth-order valence-electron chi connectivity index (χ4n) is 1.86. The van der Waals surface area contributed by atoms with Gasteiger partial charge in [0.25, 0.3) is 0 Å². The van der Waals surface area contributed by atoms with Crippen molar-refractivity contribution in [2.75, 3.05) is 5.73 Å². The van der Waals surface area contributed by atoms with Crippen molar-refractivity contribution < 1.29 is 0 Å². The Morgan fingerprint density at radius 1 is 0.947 bits per heavy atom. The van der Waals surface area contributed by atoms with Crippen LogP contribution in [0.2, 0.25) is 0 Å². The molecule has 0 atom stereocenters. The van der Waals surface area contributed by atoms with Crippen molar-refractivity contribution in [2.24, 2.45) is 0 Å². The van der Waals surface area contributed by atoms with E-state index in [1.54, 1.807) is 0 Å². The molecule has 1 aromatic heterocycles. The molecule has 1 aromatic carbocycles. The van der Waals surface area contributed by atoms with Crippen LogP contribution in [-0.4, -0.2) is 9.97 Å². The summed E-state index contributed by atoms with van der Waals surface area (Å²) in [5, 5.41) is 0. The zero-order valence-electron chi connectivity index (χ0n) is 12.3. The number of rotatable bonds is 1. The summed E-state index contributed by atoms with van der Waals surface area (Å²) in [6, 6.07) is 8.33. The summed E-state index contributed by atoms with van der Waals surface area (Å²) in [7, 11) is 0. The van der Waals surface area contributed by atoms with Crippen LogP contribution in [0.1, 0.15) is 37.7 Å². The van der Waals surface area contributed by atoms with Crippen LogP contribution < -0.4 is 5.73 Å². The Morgan fingerprint density at radius 3 is 2.05 bits per heavy atom. The molecule has 3 nitrogen and oxygen atoms in total. The normalized spacial score (nSPS) is 11.6. The highest BCUT2D eigenvalue weighted by Crippen LogP contribution is 2.28. The maximum Gasteiger partial charge on any atom is 0.136 e. The average molecular weight is 255 g/mol. The van der Waals surface area contributed by atoms with Crippen LogP contribution in [0.5, 0.6) is 0 Å². The van der Waals surface area contributed by atoms with E-state index < -0.39 is 0 Å². The Morgan fingerprint density at radius 2 is 1.53 bits per heavy atom. The first-order valence-corrected chi connectivity index (χ1v) is 6.50. The maximum atomic E-state index is 6.03. The number of hydrogen-bond acceptors (Lipinski definition) is 3. The molecule has 19 heavy (non-hydrogen) atoms. The molecule has 100 valence electrons. The summed E-state index contributed by atoms with van der Waals surface area (Å²) in [5.41, 5.74) is 10.1. The Balaban J connectivity index is 2.62. The fourth-order valence-corrected chi connectivity index (χ4v) is 1.86. The van der Waals surface area contributed by atoms with Gasteiger partial charge in [0.2, 0.25) is 0 Å². The average Bonchev–Trinajstić information content (AvgIpc) is 2.32. The summed E-state index contributed by atoms with van der Waals surface area (Å²) in [6.45, 7) is 10.3. The van der Waals surface area contributed by atoms with Gasteiger partial charge in [0.15, 0.2) is 0 Å². The number of nitrogen functional groups attached to an aromatic ring is 1. The highest BCUT2D eigenvalue weighted by Gasteiger charge is 2.20. The summed E-state index contributed by atoms with van der Waals surface area (Å²) in [5.74, 6) is 1.35. The lowest BCUT2D eigenvalue weighted by atomic mass is 9.94. The van der Waals surface area contributed by atoms with Crippen molar-refractivity contribution in [1.82, 2.24) is 9.97 Å². The first kappa shape index (κ1) is 13.5. The van der Waals surface area contributed by atoms with Crippen LogP contribution in [0.15, 0.2) is 24.3 Å². The van der Waals surface area contributed by atoms with Gasteiger partial charge in [0.05, 0.1) is 5.69 Å². The van der Waals surface area contributed by atoms with Crippen LogP contribution in [0, 0.1) is 13.8 Å². The molecule has 0 saturated heterocycles. The molecule has 3 heteroatoms. The third-order valence-corrected chi connectivity index (χ3v) is 3.18. The van der Waals surface area contributed by atoms with Crippen molar-refractivity contribution in [3.8, 4) is 11.3 Å². The molecule has 2 N–H and O–H groups in total. The lowest BCUT2D eigenvalue weighted by Crippen LogP contribution is -2.18. The first-order valence-electron chi connectivity index (χ1n) is 6.50. The van der Waals surface area contributed by atoms with Crippen LogP contribution in [0.25, 0.3) is 11.3 Å². The monoisotopic (exact) mass is 255 g/mol. The highest BCUT2D eigenvalue weighted by atomic mass is 15.0. The van der Waals surface area contributed by atoms with Crippen LogP contribution in [0.3, 0.4) is 0 Å². The van der Waals surface area contributed by atoms with E-state index >= 15 is 0 Å². The molecule has 0 amide bonds. The van der Waals surface area contributed by atoms with Gasteiger partial charge >= 0.3 is 0 Å². The van der Waals surface area contributed by atoms with Crippen LogP contribution in [0.4, 0.5) is 5.82 Å². The zero-order chi connectivity index (χ0) is 14.2. The number of hydrogen-bond donors (Lipinski definition) is 1. The van der Waals surface area contributed by atoms with E-state index in [1.807, 2.05) is 6.92 Å². The number of nitrogens with zero attached hydrogens (tertiary/aromatic N) is 2. The molecule has 0 fully saturated rings. The molecule has 0 aliphatic rings. The van der Waals surface area contributed by atoms with E-state index in [0.29, 0.717) is 5.82 Å². The molecule has 0 saturated carbocycles. The maximum absolute atomic E-state index is 6.03. The number of anilines is 1. The van der Waals surface area contributed by atoms with Gasteiger partial charge in [-0.25, -0.2) is 9.97 Å². The second-order valence-corrected chi connectivity index (χ2v) is 6.02. The van der Waals surface area contributed by atoms with Gasteiger partial charge in [-0.15, -0.1) is 0 Å². The third-order valence-electron chi connectivity index (χ3n) is 3.18. The summed E-state index contributed by atoms with van der Waals surface area (Å²) >= 11 is 0. The molecule has 2 rings (SSSR count). The summed E-state index contributed by atoms with van der Waals surface area (Å²) in [4.78, 5) is 9.13. The van der Waals surface area contributed by atoms with E-state index in [1.165, 1.54) is 5.56 Å². The zero-order valence-corrected chi connectivity index (χ0v) is 12.3. The van der Waals surface area contributed by atoms with Gasteiger partial charge in [0.1, 0.15) is 11.6 Å². The Hall–Kier alpha value is -1.90. The van der Waals surface area contributed by atoms with Crippen molar-refractivity contribution in [3.63, 3.8) is 0 Å². The van der Waals surface area contributed by atoms with E-state index in [2.05, 4.69) is 56.9 Å². The lowest BCUT2D eigenvalue weighted by Gasteiger charge is -2.19. The van der Waals surface area contributed by atoms with E-state index in [0.717, 1.165) is 22.6 Å². The van der Waals surface area contributed by atoms with Crippen molar-refractivity contribution >= 4 is 5.82 Å². The second kappa shape index (κ2) is 4.65. The molecule has 0 spiro atoms. The standard InChI is InChI=1S/C16H21N3/c1-10-6-8-12(9-7-10)13-11(2)14(17)19-15(18-13)16(3,4)5/h6-9H,1-5H3,(H2,17,18,19). The predicted molar refractivity (Wildman–Crippen MR) is 80.1 cm³/mol. The number of benzene rings is 1. The Labute approximate surface area is 114 Å². The minimum Gasteiger partial charge on any atom is -0.383 e. The van der Waals surface area contributed by atoms with Gasteiger partial charge in [0, 0.05) is 16.5 Å². The van der Waals surface area contributed by atoms with E-state index in [-0.39, 0.29) is 5.41 Å². The van der Waals surface area contributed by atoms with Gasteiger partial charge < -0.3 is 5.73 Å². The van der Waals surface area contributed by atoms with Crippen molar-refractivity contribution in [3.05, 3.63) is 41.2 Å². The SMILES string of the molecule is Cc1ccc(-c2nc(C(C)(C)C)nc(N)c2C)cc1. The molecular formula is C16H21N3. The summed E-state index contributed by atoms with van der Waals surface area (Å²) < 4.78 is 0. The smallest absolute Gasteiger partial charge is 0.136 e. The third kappa shape index (κ3) is 2.75. The molecule has 0 unspecified atom stereocenters. The number of aromatic nitrogens is 2. The minimum atomic E-state index is -0.110. The van der Waals surface area contributed by atoms with E-state index in [4.69, 9.17) is 10.7 Å². The number of nitrogens with two attached hydrogens (primary N) is 1. The molecule has 0 aliphatic heterocycles. The topological polar surface area (TPSA) is 51.8 Å². The largest absolute Gasteiger partial charge is 0.383 e. The van der Waals surface area contributed by atoms with Crippen LogP contribution >= 0.6 is 0 Å². The Bertz CT molecular complexity index is 593. The number of aryl methyl sites for hydroxylation is 1. The molecular weight excluding hydrogens is 234 g/mol. The second-order valence-electron chi connectivity index (χ2n) is 6.02. The van der Waals surface area contributed by atoms with E-state index in [9.17, 15) is 0 Å². The van der Waals surface area contributed by atoms with Crippen molar-refractivity contribution in [1.29, 1.82) is 0 Å². The minimum absolute atomic E-state index is 0.110. The van der Waals surface area contributed by atoms with Gasteiger partial charge in [-0.05, 0) is 13.8 Å². The summed E-state index contributed by atoms with van der Waals surface area (Å²) in [6.07, 6.45) is 0. The van der Waals surface area contributed by atoms with Gasteiger partial charge in [-0.3, -0.25) is 0 Å². The molecule has 0 aliphatic carbocycles. The van der Waals surface area contributed by atoms with Crippen molar-refractivity contribution in [2.45, 2.75) is 40.0 Å². The first-order chi connectivity index (χ1) is 8.79. The molecule has 0 bridgehead atoms.